The van der Waals surface area contributed by atoms with Crippen molar-refractivity contribution >= 4 is 44.5 Å². The largest absolute Gasteiger partial charge is 0.168 e. The van der Waals surface area contributed by atoms with E-state index in [1.54, 1.807) is 0 Å². The summed E-state index contributed by atoms with van der Waals surface area (Å²) in [5.74, 6) is 0. The third-order valence-electron chi connectivity index (χ3n) is 3.31. The predicted octanol–water partition coefficient (Wildman–Crippen LogP) is 6.85. The van der Waals surface area contributed by atoms with Crippen LogP contribution < -0.4 is 0 Å². The Morgan fingerprint density at radius 2 is 1.13 bits per heavy atom. The molecule has 0 N–H and O–H groups in total. The first-order chi connectivity index (χ1) is 11.2. The summed E-state index contributed by atoms with van der Waals surface area (Å²) < 4.78 is 1.86. The van der Waals surface area contributed by atoms with Crippen molar-refractivity contribution in [3.8, 4) is 0 Å². The standard InChI is InChI=1S/2C9H7.C2H4.2ClH.Ti/c2*1-2-5-9-7-3-6-8(9)4-1;1-2;;;/h2*1-7H;1H,2H3;2*1H;/q2*-1;;;;+2/p-2. The molecule has 0 saturated heterocycles. The van der Waals surface area contributed by atoms with Crippen LogP contribution in [0.1, 0.15) is 6.92 Å². The summed E-state index contributed by atoms with van der Waals surface area (Å²) >= 11 is -1.54. The number of halogens is 2. The fraction of sp³-hybridized carbons (Fsp3) is 0.0500. The van der Waals surface area contributed by atoms with Gasteiger partial charge < -0.3 is 0 Å². The van der Waals surface area contributed by atoms with Gasteiger partial charge in [-0.2, -0.15) is 35.0 Å². The molecule has 0 aliphatic heterocycles. The van der Waals surface area contributed by atoms with E-state index in [1.165, 1.54) is 21.5 Å². The van der Waals surface area contributed by atoms with Gasteiger partial charge >= 0.3 is 45.1 Å². The Hall–Kier alpha value is -1.18. The molecule has 0 heterocycles. The number of hydrogen-bond donors (Lipinski definition) is 0. The molecule has 0 nitrogen and oxygen atoms in total. The molecule has 23 heavy (non-hydrogen) atoms. The molecule has 3 heteroatoms. The van der Waals surface area contributed by atoms with E-state index < -0.39 is 15.3 Å². The maximum absolute atomic E-state index is 5.34. The van der Waals surface area contributed by atoms with E-state index >= 15 is 0 Å². The van der Waals surface area contributed by atoms with E-state index in [1.807, 2.05) is 11.2 Å². The van der Waals surface area contributed by atoms with E-state index in [2.05, 4.69) is 84.9 Å². The van der Waals surface area contributed by atoms with Crippen LogP contribution in [0.2, 0.25) is 0 Å². The number of fused-ring (bicyclic) bond motifs is 2. The minimum atomic E-state index is -1.54. The zero-order chi connectivity index (χ0) is 16.5. The van der Waals surface area contributed by atoms with Crippen LogP contribution in [0.3, 0.4) is 0 Å². The molecule has 4 aromatic carbocycles. The molecule has 0 saturated carbocycles. The van der Waals surface area contributed by atoms with Crippen LogP contribution in [0, 0.1) is 0 Å². The molecule has 0 amide bonds. The predicted molar refractivity (Wildman–Crippen MR) is 103 cm³/mol. The van der Waals surface area contributed by atoms with Gasteiger partial charge in [0, 0.05) is 0 Å². The molecule has 0 fully saturated rings. The van der Waals surface area contributed by atoms with Gasteiger partial charge in [0.2, 0.25) is 0 Å². The van der Waals surface area contributed by atoms with Crippen molar-refractivity contribution in [3.05, 3.63) is 84.9 Å². The second-order valence-corrected chi connectivity index (χ2v) is 10.8. The second kappa shape index (κ2) is 9.85. The molecule has 0 atom stereocenters. The molecule has 118 valence electrons. The van der Waals surface area contributed by atoms with E-state index in [9.17, 15) is 0 Å². The Kier molecular flexibility index (Phi) is 7.78. The molecular formula is C20H18Cl2Ti-2. The first-order valence-electron chi connectivity index (χ1n) is 7.39. The molecule has 4 rings (SSSR count). The third kappa shape index (κ3) is 6.08. The van der Waals surface area contributed by atoms with Crippen molar-refractivity contribution in [3.63, 3.8) is 0 Å². The Balaban J connectivity index is 0.000000132. The summed E-state index contributed by atoms with van der Waals surface area (Å²) in [6.07, 6.45) is 0. The molecule has 0 aliphatic carbocycles. The van der Waals surface area contributed by atoms with Crippen molar-refractivity contribution in [2.24, 2.45) is 0 Å². The van der Waals surface area contributed by atoms with E-state index in [4.69, 9.17) is 18.6 Å². The summed E-state index contributed by atoms with van der Waals surface area (Å²) in [5, 5.41) is 5.32. The minimum absolute atomic E-state index is 1.33. The Bertz CT molecular complexity index is 741. The minimum Gasteiger partial charge on any atom is -0.168 e. The first-order valence-corrected chi connectivity index (χ1v) is 12.6. The van der Waals surface area contributed by atoms with Crippen LogP contribution in [0.25, 0.3) is 21.5 Å². The summed E-state index contributed by atoms with van der Waals surface area (Å²) in [5.41, 5.74) is 0. The molecule has 0 aromatic heterocycles. The van der Waals surface area contributed by atoms with Crippen molar-refractivity contribution in [2.45, 2.75) is 6.92 Å². The SMILES string of the molecule is C[CH]=[Ti]([Cl])[Cl].c1ccc2[cH-]ccc2c1.c1ccc2[cH-]ccc2c1. The Morgan fingerprint density at radius 3 is 1.48 bits per heavy atom. The van der Waals surface area contributed by atoms with Crippen molar-refractivity contribution in [2.75, 3.05) is 0 Å². The van der Waals surface area contributed by atoms with Gasteiger partial charge in [0.15, 0.2) is 0 Å². The van der Waals surface area contributed by atoms with Gasteiger partial charge in [0.1, 0.15) is 0 Å². The van der Waals surface area contributed by atoms with Crippen LogP contribution in [-0.2, 0) is 15.3 Å². The quantitative estimate of drug-likeness (QED) is 0.232. The van der Waals surface area contributed by atoms with Gasteiger partial charge in [-0.25, -0.2) is 0 Å². The topological polar surface area (TPSA) is 0 Å². The van der Waals surface area contributed by atoms with E-state index in [0.29, 0.717) is 0 Å². The van der Waals surface area contributed by atoms with Crippen molar-refractivity contribution in [1.82, 2.24) is 0 Å². The fourth-order valence-electron chi connectivity index (χ4n) is 2.14. The third-order valence-corrected chi connectivity index (χ3v) is 5.79. The summed E-state index contributed by atoms with van der Waals surface area (Å²) in [4.78, 5) is 0. The molecular weight excluding hydrogens is 359 g/mol. The summed E-state index contributed by atoms with van der Waals surface area (Å²) in [7, 11) is 10.7. The van der Waals surface area contributed by atoms with Gasteiger partial charge in [-0.1, -0.05) is 12.1 Å². The van der Waals surface area contributed by atoms with Gasteiger partial charge in [-0.15, -0.1) is 59.3 Å². The molecule has 0 aliphatic rings. The molecule has 0 unspecified atom stereocenters. The number of rotatable bonds is 0. The summed E-state index contributed by atoms with van der Waals surface area (Å²) in [6, 6.07) is 29.3. The number of hydrogen-bond acceptors (Lipinski definition) is 0. The molecule has 0 spiro atoms. The average Bonchev–Trinajstić information content (AvgIpc) is 3.24. The van der Waals surface area contributed by atoms with Gasteiger partial charge in [0.25, 0.3) is 0 Å². The van der Waals surface area contributed by atoms with Crippen LogP contribution in [-0.4, -0.2) is 4.31 Å². The van der Waals surface area contributed by atoms with E-state index in [0.717, 1.165) is 0 Å². The Labute approximate surface area is 151 Å². The number of benzene rings is 2. The zero-order valence-corrected chi connectivity index (χ0v) is 16.0. The zero-order valence-electron chi connectivity index (χ0n) is 12.9. The van der Waals surface area contributed by atoms with Gasteiger partial charge in [0.05, 0.1) is 0 Å². The van der Waals surface area contributed by atoms with Crippen LogP contribution in [0.4, 0.5) is 0 Å². The average molecular weight is 377 g/mol. The monoisotopic (exact) mass is 376 g/mol. The molecule has 4 aromatic rings. The first kappa shape index (κ1) is 18.2. The van der Waals surface area contributed by atoms with Crippen molar-refractivity contribution in [1.29, 1.82) is 0 Å². The normalized spacial score (nSPS) is 9.52. The summed E-state index contributed by atoms with van der Waals surface area (Å²) in [6.45, 7) is 1.88. The van der Waals surface area contributed by atoms with Crippen molar-refractivity contribution < 1.29 is 15.3 Å². The molecule has 0 bridgehead atoms. The van der Waals surface area contributed by atoms with Gasteiger partial charge in [-0.05, 0) is 0 Å². The second-order valence-electron chi connectivity index (χ2n) is 4.89. The molecule has 0 radical (unpaired) electrons. The van der Waals surface area contributed by atoms with Gasteiger partial charge in [-0.3, -0.25) is 0 Å². The fourth-order valence-corrected chi connectivity index (χ4v) is 2.14. The van der Waals surface area contributed by atoms with Crippen LogP contribution >= 0.6 is 18.6 Å². The maximum Gasteiger partial charge on any atom is -0.0809 e. The van der Waals surface area contributed by atoms with Crippen LogP contribution in [0.5, 0.6) is 0 Å². The maximum atomic E-state index is 5.34. The Morgan fingerprint density at radius 1 is 0.739 bits per heavy atom. The smallest absolute Gasteiger partial charge is 0.0809 e. The van der Waals surface area contributed by atoms with E-state index in [-0.39, 0.29) is 0 Å². The van der Waals surface area contributed by atoms with Crippen LogP contribution in [0.15, 0.2) is 84.9 Å².